The first kappa shape index (κ1) is 21.8. The van der Waals surface area contributed by atoms with Crippen molar-refractivity contribution in [2.75, 3.05) is 11.1 Å². The van der Waals surface area contributed by atoms with E-state index in [0.29, 0.717) is 16.9 Å². The van der Waals surface area contributed by atoms with Gasteiger partial charge in [0, 0.05) is 21.4 Å². The van der Waals surface area contributed by atoms with Gasteiger partial charge in [-0.2, -0.15) is 0 Å². The molecule has 0 atom stereocenters. The number of nitrogens with one attached hydrogen (secondary N) is 1. The van der Waals surface area contributed by atoms with Crippen LogP contribution in [0.3, 0.4) is 0 Å². The minimum Gasteiger partial charge on any atom is -0.397 e. The highest BCUT2D eigenvalue weighted by molar-refractivity contribution is 7.13. The van der Waals surface area contributed by atoms with Gasteiger partial charge in [-0.1, -0.05) is 65.9 Å². The molecule has 0 fully saturated rings. The summed E-state index contributed by atoms with van der Waals surface area (Å²) in [5.74, 6) is -0.226. The van der Waals surface area contributed by atoms with Gasteiger partial charge in [0.1, 0.15) is 5.69 Å². The molecule has 6 rings (SSSR count). The van der Waals surface area contributed by atoms with Crippen molar-refractivity contribution >= 4 is 39.4 Å². The molecule has 2 aromatic heterocycles. The maximum absolute atomic E-state index is 12.9. The Hall–Kier alpha value is -4.75. The van der Waals surface area contributed by atoms with Gasteiger partial charge >= 0.3 is 0 Å². The second kappa shape index (κ2) is 9.13. The summed E-state index contributed by atoms with van der Waals surface area (Å²) in [5, 5.41) is 15.9. The van der Waals surface area contributed by atoms with Crippen LogP contribution < -0.4 is 11.1 Å². The molecule has 0 aliphatic rings. The average Bonchev–Trinajstić information content (AvgIpc) is 3.63. The number of anilines is 2. The van der Waals surface area contributed by atoms with Crippen molar-refractivity contribution in [3.8, 4) is 27.4 Å². The summed E-state index contributed by atoms with van der Waals surface area (Å²) in [7, 11) is 0. The first-order chi connectivity index (χ1) is 17.7. The smallest absolute Gasteiger partial charge is 0.255 e. The first-order valence-electron chi connectivity index (χ1n) is 11.4. The standard InChI is InChI=1S/C29H21N5OS/c30-24-15-14-22(28-9-4-16-36-28)17-25(24)31-29(35)21-12-10-20(11-13-21)26-18-34(33-32-26)27-8-3-6-19-5-1-2-7-23(19)27/h1-18H,30H2,(H,31,35). The number of thiophene rings is 1. The molecule has 0 saturated heterocycles. The van der Waals surface area contributed by atoms with E-state index in [1.54, 1.807) is 28.2 Å². The van der Waals surface area contributed by atoms with E-state index in [1.807, 2.05) is 78.3 Å². The Labute approximate surface area is 211 Å². The van der Waals surface area contributed by atoms with E-state index < -0.39 is 0 Å². The van der Waals surface area contributed by atoms with Gasteiger partial charge < -0.3 is 11.1 Å². The van der Waals surface area contributed by atoms with Crippen LogP contribution in [0.1, 0.15) is 10.4 Å². The number of amides is 1. The van der Waals surface area contributed by atoms with Crippen LogP contribution in [-0.2, 0) is 0 Å². The summed E-state index contributed by atoms with van der Waals surface area (Å²) < 4.78 is 1.78. The van der Waals surface area contributed by atoms with Crippen molar-refractivity contribution in [3.05, 3.63) is 114 Å². The van der Waals surface area contributed by atoms with E-state index in [4.69, 9.17) is 5.73 Å². The molecule has 0 bridgehead atoms. The number of hydrogen-bond donors (Lipinski definition) is 2. The quantitative estimate of drug-likeness (QED) is 0.267. The number of carbonyl (C=O) groups excluding carboxylic acids is 1. The van der Waals surface area contributed by atoms with Crippen LogP contribution in [0.15, 0.2) is 109 Å². The van der Waals surface area contributed by atoms with Crippen LogP contribution in [0.2, 0.25) is 0 Å². The Kier molecular flexibility index (Phi) is 5.52. The van der Waals surface area contributed by atoms with Gasteiger partial charge in [-0.3, -0.25) is 4.79 Å². The second-order valence-corrected chi connectivity index (χ2v) is 9.31. The summed E-state index contributed by atoms with van der Waals surface area (Å²) in [6, 6.07) is 31.3. The number of benzene rings is 4. The van der Waals surface area contributed by atoms with Crippen LogP contribution in [0.4, 0.5) is 11.4 Å². The fraction of sp³-hybridized carbons (Fsp3) is 0. The Morgan fingerprint density at radius 2 is 1.67 bits per heavy atom. The SMILES string of the molecule is Nc1ccc(-c2cccs2)cc1NC(=O)c1ccc(-c2cn(-c3cccc4ccccc34)nn2)cc1. The summed E-state index contributed by atoms with van der Waals surface area (Å²) >= 11 is 1.64. The molecular weight excluding hydrogens is 466 g/mol. The van der Waals surface area contributed by atoms with Gasteiger partial charge in [0.2, 0.25) is 0 Å². The molecule has 0 aliphatic carbocycles. The molecule has 0 spiro atoms. The Balaban J connectivity index is 1.22. The number of hydrogen-bond acceptors (Lipinski definition) is 5. The molecule has 2 heterocycles. The third-order valence-corrected chi connectivity index (χ3v) is 6.98. The third-order valence-electron chi connectivity index (χ3n) is 6.06. The predicted octanol–water partition coefficient (Wildman–Crippen LogP) is 6.65. The molecule has 6 nitrogen and oxygen atoms in total. The zero-order valence-corrected chi connectivity index (χ0v) is 19.9. The van der Waals surface area contributed by atoms with Crippen molar-refractivity contribution in [1.82, 2.24) is 15.0 Å². The third kappa shape index (κ3) is 4.12. The molecule has 6 aromatic rings. The molecule has 3 N–H and O–H groups in total. The largest absolute Gasteiger partial charge is 0.397 e. The maximum Gasteiger partial charge on any atom is 0.255 e. The highest BCUT2D eigenvalue weighted by Crippen LogP contribution is 2.30. The Bertz CT molecular complexity index is 1680. The molecule has 174 valence electrons. The lowest BCUT2D eigenvalue weighted by Gasteiger charge is -2.10. The lowest BCUT2D eigenvalue weighted by Crippen LogP contribution is -2.13. The van der Waals surface area contributed by atoms with Gasteiger partial charge in [-0.15, -0.1) is 16.4 Å². The highest BCUT2D eigenvalue weighted by atomic mass is 32.1. The number of nitrogens with zero attached hydrogens (tertiary/aromatic N) is 3. The Morgan fingerprint density at radius 1 is 0.861 bits per heavy atom. The van der Waals surface area contributed by atoms with Gasteiger partial charge in [0.05, 0.1) is 23.3 Å². The van der Waals surface area contributed by atoms with Crippen molar-refractivity contribution in [3.63, 3.8) is 0 Å². The lowest BCUT2D eigenvalue weighted by atomic mass is 10.1. The van der Waals surface area contributed by atoms with E-state index in [0.717, 1.165) is 38.2 Å². The van der Waals surface area contributed by atoms with Crippen molar-refractivity contribution in [2.45, 2.75) is 0 Å². The van der Waals surface area contributed by atoms with Gasteiger partial charge in [-0.25, -0.2) is 4.68 Å². The molecule has 36 heavy (non-hydrogen) atoms. The first-order valence-corrected chi connectivity index (χ1v) is 12.3. The van der Waals surface area contributed by atoms with Gasteiger partial charge in [-0.05, 0) is 52.7 Å². The lowest BCUT2D eigenvalue weighted by molar-refractivity contribution is 0.102. The van der Waals surface area contributed by atoms with E-state index in [9.17, 15) is 4.79 Å². The van der Waals surface area contributed by atoms with E-state index in [-0.39, 0.29) is 5.91 Å². The zero-order valence-electron chi connectivity index (χ0n) is 19.1. The summed E-state index contributed by atoms with van der Waals surface area (Å²) in [5.41, 5.74) is 11.3. The number of rotatable bonds is 5. The zero-order chi connectivity index (χ0) is 24.5. The van der Waals surface area contributed by atoms with Crippen LogP contribution in [-0.4, -0.2) is 20.9 Å². The van der Waals surface area contributed by atoms with Gasteiger partial charge in [0.15, 0.2) is 0 Å². The normalized spacial score (nSPS) is 11.0. The molecular formula is C29H21N5OS. The minimum atomic E-state index is -0.226. The van der Waals surface area contributed by atoms with Crippen molar-refractivity contribution < 1.29 is 4.79 Å². The molecule has 0 saturated carbocycles. The van der Waals surface area contributed by atoms with Crippen LogP contribution >= 0.6 is 11.3 Å². The number of nitrogens with two attached hydrogens (primary N) is 1. The second-order valence-electron chi connectivity index (χ2n) is 8.36. The monoisotopic (exact) mass is 487 g/mol. The molecule has 1 amide bonds. The minimum absolute atomic E-state index is 0.226. The fourth-order valence-electron chi connectivity index (χ4n) is 4.17. The number of nitrogen functional groups attached to an aromatic ring is 1. The van der Waals surface area contributed by atoms with Crippen LogP contribution in [0.25, 0.3) is 38.2 Å². The van der Waals surface area contributed by atoms with Crippen molar-refractivity contribution in [1.29, 1.82) is 0 Å². The summed E-state index contributed by atoms with van der Waals surface area (Å²) in [6.45, 7) is 0. The van der Waals surface area contributed by atoms with Crippen LogP contribution in [0.5, 0.6) is 0 Å². The fourth-order valence-corrected chi connectivity index (χ4v) is 4.89. The molecule has 0 unspecified atom stereocenters. The van der Waals surface area contributed by atoms with E-state index in [2.05, 4.69) is 33.8 Å². The summed E-state index contributed by atoms with van der Waals surface area (Å²) in [6.07, 6.45) is 1.90. The number of carbonyl (C=O) groups is 1. The van der Waals surface area contributed by atoms with Crippen molar-refractivity contribution in [2.24, 2.45) is 0 Å². The molecule has 4 aromatic carbocycles. The molecule has 0 radical (unpaired) electrons. The average molecular weight is 488 g/mol. The van der Waals surface area contributed by atoms with Gasteiger partial charge in [0.25, 0.3) is 5.91 Å². The predicted molar refractivity (Wildman–Crippen MR) is 146 cm³/mol. The number of fused-ring (bicyclic) bond motifs is 1. The highest BCUT2D eigenvalue weighted by Gasteiger charge is 2.12. The van der Waals surface area contributed by atoms with E-state index >= 15 is 0 Å². The topological polar surface area (TPSA) is 85.8 Å². The Morgan fingerprint density at radius 3 is 2.50 bits per heavy atom. The molecule has 7 heteroatoms. The molecule has 0 aliphatic heterocycles. The maximum atomic E-state index is 12.9. The van der Waals surface area contributed by atoms with E-state index in [1.165, 1.54) is 0 Å². The number of aromatic nitrogens is 3. The van der Waals surface area contributed by atoms with Crippen LogP contribution in [0, 0.1) is 0 Å². The summed E-state index contributed by atoms with van der Waals surface area (Å²) in [4.78, 5) is 14.0.